The van der Waals surface area contributed by atoms with Gasteiger partial charge in [-0.2, -0.15) is 5.26 Å². The quantitative estimate of drug-likeness (QED) is 0.819. The zero-order chi connectivity index (χ0) is 14.7. The normalized spacial score (nSPS) is 17.9. The number of carbonyl (C=O) groups excluding carboxylic acids is 2. The predicted molar refractivity (Wildman–Crippen MR) is 70.0 cm³/mol. The van der Waals surface area contributed by atoms with Gasteiger partial charge in [0.2, 0.25) is 5.91 Å². The van der Waals surface area contributed by atoms with Crippen LogP contribution in [-0.4, -0.2) is 37.2 Å². The van der Waals surface area contributed by atoms with E-state index in [4.69, 9.17) is 10.4 Å². The SMILES string of the molecule is COC(=O)c1ccc(N2CC(CO)CC2=O)cc1C#N. The van der Waals surface area contributed by atoms with Crippen LogP contribution >= 0.6 is 0 Å². The minimum absolute atomic E-state index is 0.0480. The number of aliphatic hydroxyl groups excluding tert-OH is 1. The van der Waals surface area contributed by atoms with Crippen LogP contribution in [0.5, 0.6) is 0 Å². The van der Waals surface area contributed by atoms with Gasteiger partial charge in [0.25, 0.3) is 0 Å². The van der Waals surface area contributed by atoms with Crippen LogP contribution in [0, 0.1) is 17.2 Å². The fourth-order valence-electron chi connectivity index (χ4n) is 2.23. The van der Waals surface area contributed by atoms with Crippen molar-refractivity contribution in [1.29, 1.82) is 5.26 Å². The van der Waals surface area contributed by atoms with Gasteiger partial charge in [-0.05, 0) is 18.2 Å². The number of nitrogens with zero attached hydrogens (tertiary/aromatic N) is 2. The van der Waals surface area contributed by atoms with E-state index >= 15 is 0 Å². The molecule has 1 aliphatic heterocycles. The number of amides is 1. The number of carbonyl (C=O) groups is 2. The highest BCUT2D eigenvalue weighted by Crippen LogP contribution is 2.26. The van der Waals surface area contributed by atoms with Crippen molar-refractivity contribution in [3.63, 3.8) is 0 Å². The van der Waals surface area contributed by atoms with Crippen molar-refractivity contribution in [2.24, 2.45) is 5.92 Å². The van der Waals surface area contributed by atoms with Crippen LogP contribution in [0.2, 0.25) is 0 Å². The van der Waals surface area contributed by atoms with Gasteiger partial charge in [0.05, 0.1) is 18.2 Å². The molecule has 1 unspecified atom stereocenters. The first-order chi connectivity index (χ1) is 9.60. The molecule has 20 heavy (non-hydrogen) atoms. The maximum absolute atomic E-state index is 11.9. The molecule has 1 amide bonds. The lowest BCUT2D eigenvalue weighted by Crippen LogP contribution is -2.25. The van der Waals surface area contributed by atoms with Crippen LogP contribution in [0.1, 0.15) is 22.3 Å². The Hall–Kier alpha value is -2.39. The van der Waals surface area contributed by atoms with Crippen molar-refractivity contribution >= 4 is 17.6 Å². The maximum Gasteiger partial charge on any atom is 0.339 e. The molecule has 0 spiro atoms. The molecule has 1 aliphatic rings. The number of anilines is 1. The molecule has 0 saturated carbocycles. The average Bonchev–Trinajstić information content (AvgIpc) is 2.86. The Morgan fingerprint density at radius 1 is 1.60 bits per heavy atom. The van der Waals surface area contributed by atoms with Crippen LogP contribution in [0.4, 0.5) is 5.69 Å². The summed E-state index contributed by atoms with van der Waals surface area (Å²) in [6, 6.07) is 6.49. The molecule has 6 heteroatoms. The largest absolute Gasteiger partial charge is 0.465 e. The third kappa shape index (κ3) is 2.49. The second-order valence-corrected chi connectivity index (χ2v) is 4.59. The molecule has 0 bridgehead atoms. The molecule has 0 radical (unpaired) electrons. The van der Waals surface area contributed by atoms with E-state index in [1.165, 1.54) is 24.1 Å². The minimum atomic E-state index is -0.589. The molecule has 1 saturated heterocycles. The molecule has 1 atom stereocenters. The van der Waals surface area contributed by atoms with Gasteiger partial charge in [-0.1, -0.05) is 0 Å². The van der Waals surface area contributed by atoms with E-state index in [0.29, 0.717) is 12.2 Å². The Labute approximate surface area is 116 Å². The van der Waals surface area contributed by atoms with Crippen LogP contribution < -0.4 is 4.90 Å². The van der Waals surface area contributed by atoms with E-state index < -0.39 is 5.97 Å². The smallest absolute Gasteiger partial charge is 0.339 e. The lowest BCUT2D eigenvalue weighted by Gasteiger charge is -2.17. The summed E-state index contributed by atoms with van der Waals surface area (Å²) in [4.78, 5) is 24.9. The molecule has 0 aromatic heterocycles. The van der Waals surface area contributed by atoms with E-state index in [1.54, 1.807) is 6.07 Å². The van der Waals surface area contributed by atoms with Gasteiger partial charge in [0.1, 0.15) is 6.07 Å². The van der Waals surface area contributed by atoms with Gasteiger partial charge in [0.15, 0.2) is 0 Å². The first-order valence-corrected chi connectivity index (χ1v) is 6.14. The second kappa shape index (κ2) is 5.72. The van der Waals surface area contributed by atoms with Gasteiger partial charge < -0.3 is 14.7 Å². The number of methoxy groups -OCH3 is 1. The van der Waals surface area contributed by atoms with Crippen molar-refractivity contribution in [2.45, 2.75) is 6.42 Å². The highest BCUT2D eigenvalue weighted by molar-refractivity contribution is 5.97. The second-order valence-electron chi connectivity index (χ2n) is 4.59. The molecule has 0 aliphatic carbocycles. The van der Waals surface area contributed by atoms with E-state index in [0.717, 1.165) is 0 Å². The topological polar surface area (TPSA) is 90.6 Å². The first kappa shape index (κ1) is 14.0. The molecule has 1 aromatic rings. The summed E-state index contributed by atoms with van der Waals surface area (Å²) < 4.78 is 4.60. The lowest BCUT2D eigenvalue weighted by atomic mass is 10.1. The van der Waals surface area contributed by atoms with Crippen molar-refractivity contribution in [3.8, 4) is 6.07 Å². The van der Waals surface area contributed by atoms with Gasteiger partial charge in [0, 0.05) is 31.2 Å². The van der Waals surface area contributed by atoms with E-state index in [1.807, 2.05) is 6.07 Å². The third-order valence-electron chi connectivity index (χ3n) is 3.30. The molecule has 104 valence electrons. The fraction of sp³-hybridized carbons (Fsp3) is 0.357. The molecule has 1 fully saturated rings. The Bertz CT molecular complexity index is 591. The molecule has 2 rings (SSSR count). The molecule has 1 aromatic carbocycles. The number of benzene rings is 1. The standard InChI is InChI=1S/C14H14N2O4/c1-20-14(19)12-3-2-11(5-10(12)6-15)16-7-9(8-17)4-13(16)18/h2-3,5,9,17H,4,7-8H2,1H3. The van der Waals surface area contributed by atoms with Crippen LogP contribution in [0.25, 0.3) is 0 Å². The minimum Gasteiger partial charge on any atom is -0.465 e. The lowest BCUT2D eigenvalue weighted by molar-refractivity contribution is -0.117. The van der Waals surface area contributed by atoms with Crippen molar-refractivity contribution in [2.75, 3.05) is 25.2 Å². The average molecular weight is 274 g/mol. The van der Waals surface area contributed by atoms with Crippen molar-refractivity contribution in [1.82, 2.24) is 0 Å². The number of esters is 1. The summed E-state index contributed by atoms with van der Waals surface area (Å²) in [7, 11) is 1.24. The summed E-state index contributed by atoms with van der Waals surface area (Å²) in [5, 5.41) is 18.2. The van der Waals surface area contributed by atoms with Crippen LogP contribution in [0.3, 0.4) is 0 Å². The van der Waals surface area contributed by atoms with E-state index in [-0.39, 0.29) is 36.0 Å². The Kier molecular flexibility index (Phi) is 4.01. The molecule has 1 heterocycles. The molecule has 6 nitrogen and oxygen atoms in total. The molecule has 1 N–H and O–H groups in total. The van der Waals surface area contributed by atoms with Crippen LogP contribution in [0.15, 0.2) is 18.2 Å². The predicted octanol–water partition coefficient (Wildman–Crippen LogP) is 0.690. The number of nitriles is 1. The number of ether oxygens (including phenoxy) is 1. The van der Waals surface area contributed by atoms with Crippen molar-refractivity contribution < 1.29 is 19.4 Å². The zero-order valence-electron chi connectivity index (χ0n) is 11.0. The fourth-order valence-corrected chi connectivity index (χ4v) is 2.23. The highest BCUT2D eigenvalue weighted by Gasteiger charge is 2.30. The number of hydrogen-bond donors (Lipinski definition) is 1. The highest BCUT2D eigenvalue weighted by atomic mass is 16.5. The summed E-state index contributed by atoms with van der Waals surface area (Å²) in [6.07, 6.45) is 0.289. The number of hydrogen-bond acceptors (Lipinski definition) is 5. The Morgan fingerprint density at radius 2 is 2.35 bits per heavy atom. The monoisotopic (exact) mass is 274 g/mol. The summed E-state index contributed by atoms with van der Waals surface area (Å²) in [5.41, 5.74) is 0.883. The number of aliphatic hydroxyl groups is 1. The summed E-state index contributed by atoms with van der Waals surface area (Å²) in [6.45, 7) is 0.366. The van der Waals surface area contributed by atoms with Gasteiger partial charge in [-0.15, -0.1) is 0 Å². The third-order valence-corrected chi connectivity index (χ3v) is 3.30. The maximum atomic E-state index is 11.9. The molecular formula is C14H14N2O4. The Morgan fingerprint density at radius 3 is 2.90 bits per heavy atom. The van der Waals surface area contributed by atoms with Crippen molar-refractivity contribution in [3.05, 3.63) is 29.3 Å². The molecular weight excluding hydrogens is 260 g/mol. The van der Waals surface area contributed by atoms with Gasteiger partial charge in [-0.25, -0.2) is 4.79 Å². The zero-order valence-corrected chi connectivity index (χ0v) is 11.0. The van der Waals surface area contributed by atoms with Gasteiger partial charge in [-0.3, -0.25) is 4.79 Å². The summed E-state index contributed by atoms with van der Waals surface area (Å²) in [5.74, 6) is -0.777. The number of rotatable bonds is 3. The van der Waals surface area contributed by atoms with Gasteiger partial charge >= 0.3 is 5.97 Å². The van der Waals surface area contributed by atoms with E-state index in [2.05, 4.69) is 4.74 Å². The first-order valence-electron chi connectivity index (χ1n) is 6.14. The van der Waals surface area contributed by atoms with Crippen LogP contribution in [-0.2, 0) is 9.53 Å². The Balaban J connectivity index is 2.34. The van der Waals surface area contributed by atoms with E-state index in [9.17, 15) is 9.59 Å². The summed E-state index contributed by atoms with van der Waals surface area (Å²) >= 11 is 0.